The largest absolute Gasteiger partial charge is 0.497 e. The van der Waals surface area contributed by atoms with E-state index in [1.165, 1.54) is 0 Å². The number of carboxylic acids is 1. The first-order valence-electron chi connectivity index (χ1n) is 7.86. The molecule has 0 aliphatic carbocycles. The van der Waals surface area contributed by atoms with Crippen molar-refractivity contribution in [2.75, 3.05) is 7.11 Å². The van der Waals surface area contributed by atoms with Crippen molar-refractivity contribution in [1.82, 2.24) is 9.55 Å². The van der Waals surface area contributed by atoms with Crippen LogP contribution in [0.25, 0.3) is 22.4 Å². The van der Waals surface area contributed by atoms with Gasteiger partial charge in [-0.3, -0.25) is 4.79 Å². The monoisotopic (exact) mass is 324 g/mol. The number of hydrogen-bond acceptors (Lipinski definition) is 3. The van der Waals surface area contributed by atoms with Gasteiger partial charge >= 0.3 is 5.97 Å². The van der Waals surface area contributed by atoms with Gasteiger partial charge in [0.2, 0.25) is 0 Å². The fourth-order valence-electron chi connectivity index (χ4n) is 2.90. The van der Waals surface area contributed by atoms with E-state index >= 15 is 0 Å². The Morgan fingerprint density at radius 1 is 1.21 bits per heavy atom. The molecule has 0 aliphatic heterocycles. The second kappa shape index (κ2) is 6.35. The summed E-state index contributed by atoms with van der Waals surface area (Å²) in [5, 5.41) is 8.98. The van der Waals surface area contributed by atoms with Crippen LogP contribution in [0.5, 0.6) is 5.75 Å². The van der Waals surface area contributed by atoms with E-state index < -0.39 is 5.97 Å². The maximum absolute atomic E-state index is 10.9. The zero-order valence-corrected chi connectivity index (χ0v) is 14.0. The molecule has 1 aromatic heterocycles. The van der Waals surface area contributed by atoms with E-state index in [1.807, 2.05) is 42.5 Å². The summed E-state index contributed by atoms with van der Waals surface area (Å²) >= 11 is 0. The molecule has 0 bridgehead atoms. The van der Waals surface area contributed by atoms with Crippen LogP contribution in [0, 0.1) is 0 Å². The lowest BCUT2D eigenvalue weighted by Crippen LogP contribution is -2.03. The molecule has 5 heteroatoms. The van der Waals surface area contributed by atoms with Crippen LogP contribution in [0.15, 0.2) is 42.5 Å². The van der Waals surface area contributed by atoms with Crippen LogP contribution >= 0.6 is 0 Å². The second-order valence-corrected chi connectivity index (χ2v) is 6.02. The van der Waals surface area contributed by atoms with Crippen LogP contribution in [-0.2, 0) is 11.2 Å². The molecule has 24 heavy (non-hydrogen) atoms. The molecule has 5 nitrogen and oxygen atoms in total. The van der Waals surface area contributed by atoms with E-state index in [4.69, 9.17) is 14.8 Å². The van der Waals surface area contributed by atoms with E-state index in [1.54, 1.807) is 7.11 Å². The number of aliphatic carboxylic acids is 1. The molecule has 0 fully saturated rings. The van der Waals surface area contributed by atoms with Gasteiger partial charge < -0.3 is 14.4 Å². The number of carboxylic acid groups (broad SMARTS) is 1. The Bertz CT molecular complexity index is 880. The summed E-state index contributed by atoms with van der Waals surface area (Å²) in [5.41, 5.74) is 3.57. The molecule has 1 N–H and O–H groups in total. The van der Waals surface area contributed by atoms with E-state index in [0.717, 1.165) is 33.7 Å². The average Bonchev–Trinajstić information content (AvgIpc) is 2.93. The zero-order valence-electron chi connectivity index (χ0n) is 14.0. The van der Waals surface area contributed by atoms with E-state index in [9.17, 15) is 4.79 Å². The fourth-order valence-corrected chi connectivity index (χ4v) is 2.90. The van der Waals surface area contributed by atoms with Gasteiger partial charge in [-0.25, -0.2) is 4.98 Å². The van der Waals surface area contributed by atoms with Crippen molar-refractivity contribution < 1.29 is 14.6 Å². The normalized spacial score (nSPS) is 11.2. The predicted molar refractivity (Wildman–Crippen MR) is 93.4 cm³/mol. The van der Waals surface area contributed by atoms with Crippen molar-refractivity contribution in [2.45, 2.75) is 26.3 Å². The van der Waals surface area contributed by atoms with Crippen LogP contribution in [-0.4, -0.2) is 27.7 Å². The first kappa shape index (κ1) is 16.1. The molecule has 0 unspecified atom stereocenters. The van der Waals surface area contributed by atoms with Crippen LogP contribution in [0.3, 0.4) is 0 Å². The number of fused-ring (bicyclic) bond motifs is 1. The van der Waals surface area contributed by atoms with Crippen molar-refractivity contribution in [3.8, 4) is 17.1 Å². The number of imidazole rings is 1. The van der Waals surface area contributed by atoms with Gasteiger partial charge in [0, 0.05) is 11.6 Å². The van der Waals surface area contributed by atoms with Gasteiger partial charge in [-0.1, -0.05) is 6.07 Å². The highest BCUT2D eigenvalue weighted by Crippen LogP contribution is 2.30. The Balaban J connectivity index is 2.14. The summed E-state index contributed by atoms with van der Waals surface area (Å²) in [6.07, 6.45) is 0.00233. The minimum absolute atomic E-state index is 0.00233. The van der Waals surface area contributed by atoms with E-state index in [-0.39, 0.29) is 12.5 Å². The summed E-state index contributed by atoms with van der Waals surface area (Å²) in [6, 6.07) is 13.7. The van der Waals surface area contributed by atoms with Gasteiger partial charge in [-0.05, 0) is 55.8 Å². The summed E-state index contributed by atoms with van der Waals surface area (Å²) in [5.74, 6) is 0.831. The summed E-state index contributed by atoms with van der Waals surface area (Å²) in [7, 11) is 1.64. The lowest BCUT2D eigenvalue weighted by Gasteiger charge is -2.13. The standard InChI is InChI=1S/C19H20N2O3/c1-12(2)21-17-9-4-13(11-18(22)23)10-16(17)20-19(21)14-5-7-15(24-3)8-6-14/h4-10,12H,11H2,1-3H3,(H,22,23). The van der Waals surface area contributed by atoms with Gasteiger partial charge in [-0.2, -0.15) is 0 Å². The summed E-state index contributed by atoms with van der Waals surface area (Å²) < 4.78 is 7.38. The number of hydrogen-bond donors (Lipinski definition) is 1. The molecule has 0 radical (unpaired) electrons. The topological polar surface area (TPSA) is 64.3 Å². The molecule has 0 aliphatic rings. The Labute approximate surface area is 140 Å². The molecule has 124 valence electrons. The zero-order chi connectivity index (χ0) is 17.3. The Hall–Kier alpha value is -2.82. The van der Waals surface area contributed by atoms with Crippen molar-refractivity contribution in [1.29, 1.82) is 0 Å². The molecular weight excluding hydrogens is 304 g/mol. The Kier molecular flexibility index (Phi) is 4.25. The number of carbonyl (C=O) groups is 1. The molecule has 0 amide bonds. The molecule has 3 rings (SSSR count). The van der Waals surface area contributed by atoms with Gasteiger partial charge in [0.25, 0.3) is 0 Å². The smallest absolute Gasteiger partial charge is 0.307 e. The maximum atomic E-state index is 10.9. The average molecular weight is 324 g/mol. The molecule has 1 heterocycles. The predicted octanol–water partition coefficient (Wildman–Crippen LogP) is 3.92. The minimum Gasteiger partial charge on any atom is -0.497 e. The molecule has 0 saturated carbocycles. The third kappa shape index (κ3) is 2.97. The molecule has 2 aromatic carbocycles. The quantitative estimate of drug-likeness (QED) is 0.772. The van der Waals surface area contributed by atoms with Crippen LogP contribution in [0.2, 0.25) is 0 Å². The Morgan fingerprint density at radius 2 is 1.92 bits per heavy atom. The highest BCUT2D eigenvalue weighted by molar-refractivity contribution is 5.83. The number of benzene rings is 2. The molecular formula is C19H20N2O3. The fraction of sp³-hybridized carbons (Fsp3) is 0.263. The van der Waals surface area contributed by atoms with Crippen molar-refractivity contribution in [3.63, 3.8) is 0 Å². The van der Waals surface area contributed by atoms with Gasteiger partial charge in [0.05, 0.1) is 24.6 Å². The lowest BCUT2D eigenvalue weighted by molar-refractivity contribution is -0.136. The van der Waals surface area contributed by atoms with Gasteiger partial charge in [-0.15, -0.1) is 0 Å². The second-order valence-electron chi connectivity index (χ2n) is 6.02. The van der Waals surface area contributed by atoms with E-state index in [0.29, 0.717) is 0 Å². The third-order valence-electron chi connectivity index (χ3n) is 3.97. The summed E-state index contributed by atoms with van der Waals surface area (Å²) in [6.45, 7) is 4.22. The minimum atomic E-state index is -0.840. The highest BCUT2D eigenvalue weighted by atomic mass is 16.5. The number of ether oxygens (including phenoxy) is 1. The van der Waals surface area contributed by atoms with E-state index in [2.05, 4.69) is 18.4 Å². The van der Waals surface area contributed by atoms with Gasteiger partial charge in [0.15, 0.2) is 0 Å². The SMILES string of the molecule is COc1ccc(-c2nc3cc(CC(=O)O)ccc3n2C(C)C)cc1. The first-order chi connectivity index (χ1) is 11.5. The molecule has 0 saturated heterocycles. The number of aromatic nitrogens is 2. The van der Waals surface area contributed by atoms with Crippen LogP contribution < -0.4 is 4.74 Å². The van der Waals surface area contributed by atoms with Gasteiger partial charge in [0.1, 0.15) is 11.6 Å². The highest BCUT2D eigenvalue weighted by Gasteiger charge is 2.16. The molecule has 3 aromatic rings. The lowest BCUT2D eigenvalue weighted by atomic mass is 10.1. The maximum Gasteiger partial charge on any atom is 0.307 e. The number of methoxy groups -OCH3 is 1. The summed E-state index contributed by atoms with van der Waals surface area (Å²) in [4.78, 5) is 15.7. The molecule has 0 spiro atoms. The van der Waals surface area contributed by atoms with Crippen LogP contribution in [0.1, 0.15) is 25.5 Å². The Morgan fingerprint density at radius 3 is 2.50 bits per heavy atom. The van der Waals surface area contributed by atoms with Crippen molar-refractivity contribution in [3.05, 3.63) is 48.0 Å². The van der Waals surface area contributed by atoms with Crippen LogP contribution in [0.4, 0.5) is 0 Å². The third-order valence-corrected chi connectivity index (χ3v) is 3.97. The number of nitrogens with zero attached hydrogens (tertiary/aromatic N) is 2. The first-order valence-corrected chi connectivity index (χ1v) is 7.86. The molecule has 0 atom stereocenters. The number of rotatable bonds is 5. The van der Waals surface area contributed by atoms with Crippen molar-refractivity contribution in [2.24, 2.45) is 0 Å². The van der Waals surface area contributed by atoms with Crippen molar-refractivity contribution >= 4 is 17.0 Å².